The zero-order chi connectivity index (χ0) is 12.8. The largest absolute Gasteiger partial charge is 0.359 e. The minimum absolute atomic E-state index is 0.788. The number of anilines is 1. The zero-order valence-corrected chi connectivity index (χ0v) is 11.0. The highest BCUT2D eigenvalue weighted by Crippen LogP contribution is 2.23. The molecule has 0 saturated carbocycles. The summed E-state index contributed by atoms with van der Waals surface area (Å²) in [5, 5.41) is 2.47. The third-order valence-electron chi connectivity index (χ3n) is 3.21. The minimum Gasteiger partial charge on any atom is -0.359 e. The summed E-state index contributed by atoms with van der Waals surface area (Å²) in [6.45, 7) is 1.82. The van der Waals surface area contributed by atoms with E-state index in [4.69, 9.17) is 5.73 Å². The molecule has 2 rings (SSSR count). The molecule has 0 bridgehead atoms. The van der Waals surface area contributed by atoms with Gasteiger partial charge in [-0.15, -0.1) is 0 Å². The van der Waals surface area contributed by atoms with Gasteiger partial charge >= 0.3 is 0 Å². The predicted molar refractivity (Wildman–Crippen MR) is 77.9 cm³/mol. The van der Waals surface area contributed by atoms with Crippen LogP contribution < -0.4 is 10.6 Å². The van der Waals surface area contributed by atoms with Gasteiger partial charge in [0.25, 0.3) is 0 Å². The van der Waals surface area contributed by atoms with E-state index in [0.29, 0.717) is 0 Å². The van der Waals surface area contributed by atoms with Crippen molar-refractivity contribution in [3.63, 3.8) is 0 Å². The Morgan fingerprint density at radius 3 is 2.78 bits per heavy atom. The quantitative estimate of drug-likeness (QED) is 0.793. The van der Waals surface area contributed by atoms with Crippen LogP contribution in [0.2, 0.25) is 0 Å². The lowest BCUT2D eigenvalue weighted by Crippen LogP contribution is -2.20. The molecular weight excluding hydrogens is 222 g/mol. The second-order valence-electron chi connectivity index (χ2n) is 4.63. The number of benzene rings is 1. The summed E-state index contributed by atoms with van der Waals surface area (Å²) in [4.78, 5) is 6.74. The molecule has 0 aliphatic heterocycles. The lowest BCUT2D eigenvalue weighted by molar-refractivity contribution is 0.677. The maximum absolute atomic E-state index is 5.50. The fraction of sp³-hybridized carbons (Fsp3) is 0.400. The monoisotopic (exact) mass is 243 g/mol. The number of unbranched alkanes of at least 4 members (excludes halogenated alkanes) is 2. The molecule has 0 aliphatic rings. The van der Waals surface area contributed by atoms with Gasteiger partial charge < -0.3 is 10.6 Å². The van der Waals surface area contributed by atoms with Gasteiger partial charge in [-0.2, -0.15) is 0 Å². The molecule has 0 spiro atoms. The average molecular weight is 243 g/mol. The third-order valence-corrected chi connectivity index (χ3v) is 3.21. The summed E-state index contributed by atoms with van der Waals surface area (Å²) in [7, 11) is 2.11. The molecule has 3 nitrogen and oxygen atoms in total. The first-order chi connectivity index (χ1) is 8.83. The number of rotatable bonds is 6. The van der Waals surface area contributed by atoms with E-state index < -0.39 is 0 Å². The molecule has 0 amide bonds. The lowest BCUT2D eigenvalue weighted by atomic mass is 10.1. The summed E-state index contributed by atoms with van der Waals surface area (Å²) >= 11 is 0. The Hall–Kier alpha value is -1.61. The minimum atomic E-state index is 0.788. The molecule has 2 N–H and O–H groups in total. The van der Waals surface area contributed by atoms with Gasteiger partial charge in [0.2, 0.25) is 0 Å². The Balaban J connectivity index is 2.10. The molecule has 2 aromatic rings. The van der Waals surface area contributed by atoms with Crippen LogP contribution in [0.15, 0.2) is 36.5 Å². The van der Waals surface area contributed by atoms with E-state index in [1.54, 1.807) is 0 Å². The Labute approximate surface area is 109 Å². The number of hydrogen-bond acceptors (Lipinski definition) is 3. The Kier molecular flexibility index (Phi) is 4.53. The molecule has 18 heavy (non-hydrogen) atoms. The van der Waals surface area contributed by atoms with Gasteiger partial charge in [-0.1, -0.05) is 30.7 Å². The Bertz CT molecular complexity index is 491. The van der Waals surface area contributed by atoms with Crippen LogP contribution in [0.25, 0.3) is 10.8 Å². The summed E-state index contributed by atoms with van der Waals surface area (Å²) in [5.41, 5.74) is 5.50. The fourth-order valence-corrected chi connectivity index (χ4v) is 2.18. The van der Waals surface area contributed by atoms with Crippen molar-refractivity contribution in [1.82, 2.24) is 4.98 Å². The van der Waals surface area contributed by atoms with Gasteiger partial charge in [0.1, 0.15) is 5.82 Å². The topological polar surface area (TPSA) is 42.1 Å². The number of fused-ring (bicyclic) bond motifs is 1. The van der Waals surface area contributed by atoms with Crippen LogP contribution in [-0.2, 0) is 0 Å². The second kappa shape index (κ2) is 6.36. The molecule has 96 valence electrons. The van der Waals surface area contributed by atoms with Crippen LogP contribution >= 0.6 is 0 Å². The third kappa shape index (κ3) is 2.99. The highest BCUT2D eigenvalue weighted by molar-refractivity contribution is 5.91. The molecule has 3 heteroatoms. The molecule has 0 radical (unpaired) electrons. The zero-order valence-electron chi connectivity index (χ0n) is 11.0. The van der Waals surface area contributed by atoms with Crippen molar-refractivity contribution in [2.45, 2.75) is 19.3 Å². The van der Waals surface area contributed by atoms with Crippen molar-refractivity contribution in [2.75, 3.05) is 25.0 Å². The Morgan fingerprint density at radius 2 is 1.94 bits per heavy atom. The van der Waals surface area contributed by atoms with Crippen molar-refractivity contribution in [3.05, 3.63) is 36.5 Å². The number of pyridine rings is 1. The van der Waals surface area contributed by atoms with Crippen LogP contribution in [0.4, 0.5) is 5.82 Å². The highest BCUT2D eigenvalue weighted by atomic mass is 15.2. The van der Waals surface area contributed by atoms with E-state index in [0.717, 1.165) is 25.3 Å². The van der Waals surface area contributed by atoms with Crippen molar-refractivity contribution >= 4 is 16.6 Å². The first kappa shape index (κ1) is 12.8. The normalized spacial score (nSPS) is 10.8. The maximum atomic E-state index is 5.50. The van der Waals surface area contributed by atoms with E-state index in [1.807, 2.05) is 6.20 Å². The summed E-state index contributed by atoms with van der Waals surface area (Å²) in [6, 6.07) is 10.4. The van der Waals surface area contributed by atoms with E-state index in [1.165, 1.54) is 23.6 Å². The van der Waals surface area contributed by atoms with E-state index in [9.17, 15) is 0 Å². The molecule has 0 atom stereocenters. The van der Waals surface area contributed by atoms with E-state index >= 15 is 0 Å². The van der Waals surface area contributed by atoms with Crippen LogP contribution in [0, 0.1) is 0 Å². The van der Waals surface area contributed by atoms with Gasteiger partial charge in [0.15, 0.2) is 0 Å². The number of aromatic nitrogens is 1. The van der Waals surface area contributed by atoms with Gasteiger partial charge in [-0.3, -0.25) is 0 Å². The van der Waals surface area contributed by atoms with Crippen molar-refractivity contribution in [2.24, 2.45) is 5.73 Å². The predicted octanol–water partition coefficient (Wildman–Crippen LogP) is 2.80. The molecule has 0 fully saturated rings. The average Bonchev–Trinajstić information content (AvgIpc) is 2.43. The highest BCUT2D eigenvalue weighted by Gasteiger charge is 2.06. The van der Waals surface area contributed by atoms with E-state index in [-0.39, 0.29) is 0 Å². The SMILES string of the molecule is CN(CCCCCN)c1nccc2ccccc12. The van der Waals surface area contributed by atoms with Crippen LogP contribution in [0.1, 0.15) is 19.3 Å². The maximum Gasteiger partial charge on any atom is 0.136 e. The molecule has 1 aromatic carbocycles. The molecule has 0 unspecified atom stereocenters. The van der Waals surface area contributed by atoms with Gasteiger partial charge in [-0.05, 0) is 30.8 Å². The standard InChI is InChI=1S/C15H21N3/c1-18(12-6-2-5-10-16)15-14-8-4-3-7-13(14)9-11-17-15/h3-4,7-9,11H,2,5-6,10,12,16H2,1H3. The van der Waals surface area contributed by atoms with Gasteiger partial charge in [0.05, 0.1) is 0 Å². The van der Waals surface area contributed by atoms with Crippen LogP contribution in [0.3, 0.4) is 0 Å². The van der Waals surface area contributed by atoms with Gasteiger partial charge in [-0.25, -0.2) is 4.98 Å². The lowest BCUT2D eigenvalue weighted by Gasteiger charge is -2.19. The fourth-order valence-electron chi connectivity index (χ4n) is 2.18. The first-order valence-corrected chi connectivity index (χ1v) is 6.58. The summed E-state index contributed by atoms with van der Waals surface area (Å²) in [5.74, 6) is 1.07. The number of hydrogen-bond donors (Lipinski definition) is 1. The smallest absolute Gasteiger partial charge is 0.136 e. The van der Waals surface area contributed by atoms with Gasteiger partial charge in [0, 0.05) is 25.2 Å². The molecule has 1 heterocycles. The van der Waals surface area contributed by atoms with Crippen molar-refractivity contribution in [1.29, 1.82) is 0 Å². The van der Waals surface area contributed by atoms with Crippen molar-refractivity contribution in [3.8, 4) is 0 Å². The van der Waals surface area contributed by atoms with Crippen LogP contribution in [-0.4, -0.2) is 25.1 Å². The number of nitrogens with zero attached hydrogens (tertiary/aromatic N) is 2. The van der Waals surface area contributed by atoms with E-state index in [2.05, 4.69) is 47.3 Å². The molecule has 0 saturated heterocycles. The first-order valence-electron chi connectivity index (χ1n) is 6.58. The summed E-state index contributed by atoms with van der Waals surface area (Å²) < 4.78 is 0. The molecule has 1 aromatic heterocycles. The molecular formula is C15H21N3. The number of nitrogens with two attached hydrogens (primary N) is 1. The second-order valence-corrected chi connectivity index (χ2v) is 4.63. The Morgan fingerprint density at radius 1 is 1.11 bits per heavy atom. The summed E-state index contributed by atoms with van der Waals surface area (Å²) in [6.07, 6.45) is 5.34. The van der Waals surface area contributed by atoms with Crippen LogP contribution in [0.5, 0.6) is 0 Å². The molecule has 0 aliphatic carbocycles. The van der Waals surface area contributed by atoms with Crippen molar-refractivity contribution < 1.29 is 0 Å².